The van der Waals surface area contributed by atoms with Gasteiger partial charge in [0, 0.05) is 11.8 Å². The van der Waals surface area contributed by atoms with Gasteiger partial charge in [-0.1, -0.05) is 0 Å². The number of thiophene rings is 1. The van der Waals surface area contributed by atoms with Gasteiger partial charge in [0.2, 0.25) is 0 Å². The molecule has 4 heterocycles. The minimum Gasteiger partial charge on any atom is -0.393 e. The minimum absolute atomic E-state index is 0.322. The van der Waals surface area contributed by atoms with Gasteiger partial charge in [0.1, 0.15) is 35.6 Å². The molecule has 132 valence electrons. The fourth-order valence-corrected chi connectivity index (χ4v) is 3.88. The number of anilines is 1. The first-order valence-corrected chi connectivity index (χ1v) is 8.69. The lowest BCUT2D eigenvalue weighted by atomic mass is 9.99. The van der Waals surface area contributed by atoms with Gasteiger partial charge in [0.25, 0.3) is 0 Å². The number of aliphatic hydroxyl groups excluding tert-OH is 3. The molecule has 4 atom stereocenters. The highest BCUT2D eigenvalue weighted by Gasteiger charge is 2.52. The molecule has 3 aromatic heterocycles. The first-order chi connectivity index (χ1) is 12.0. The molecule has 0 spiro atoms. The van der Waals surface area contributed by atoms with Crippen molar-refractivity contribution in [3.05, 3.63) is 29.4 Å². The molecule has 1 aliphatic rings. The predicted molar refractivity (Wildman–Crippen MR) is 92.9 cm³/mol. The molecule has 25 heavy (non-hydrogen) atoms. The fraction of sp³-hybridized carbons (Fsp3) is 0.375. The predicted octanol–water partition coefficient (Wildman–Crippen LogP) is 0.744. The summed E-state index contributed by atoms with van der Waals surface area (Å²) < 4.78 is 7.44. The Kier molecular flexibility index (Phi) is 3.78. The summed E-state index contributed by atoms with van der Waals surface area (Å²) in [4.78, 5) is 8.35. The Morgan fingerprint density at radius 3 is 2.84 bits per heavy atom. The molecule has 0 bridgehead atoms. The van der Waals surface area contributed by atoms with Crippen molar-refractivity contribution in [3.8, 4) is 11.1 Å². The van der Waals surface area contributed by atoms with Crippen LogP contribution in [0.2, 0.25) is 0 Å². The second-order valence-corrected chi connectivity index (χ2v) is 7.11. The van der Waals surface area contributed by atoms with Gasteiger partial charge in [-0.25, -0.2) is 9.97 Å². The Balaban J connectivity index is 1.91. The van der Waals surface area contributed by atoms with E-state index in [1.54, 1.807) is 29.0 Å². The zero-order valence-electron chi connectivity index (χ0n) is 13.4. The number of nitrogens with zero attached hydrogens (tertiary/aromatic N) is 3. The van der Waals surface area contributed by atoms with E-state index >= 15 is 0 Å². The summed E-state index contributed by atoms with van der Waals surface area (Å²) in [6.07, 6.45) is -0.241. The molecule has 0 aliphatic carbocycles. The average Bonchev–Trinajstić information content (AvgIpc) is 3.30. The second-order valence-electron chi connectivity index (χ2n) is 6.33. The molecule has 1 saturated heterocycles. The van der Waals surface area contributed by atoms with E-state index in [0.29, 0.717) is 16.9 Å². The molecule has 0 radical (unpaired) electrons. The van der Waals surface area contributed by atoms with E-state index < -0.39 is 30.6 Å². The molecule has 4 rings (SSSR count). The highest BCUT2D eigenvalue weighted by atomic mass is 32.1. The quantitative estimate of drug-likeness (QED) is 0.541. The van der Waals surface area contributed by atoms with Gasteiger partial charge in [-0.15, -0.1) is 0 Å². The molecule has 0 amide bonds. The Morgan fingerprint density at radius 1 is 1.40 bits per heavy atom. The molecule has 1 fully saturated rings. The fourth-order valence-electron chi connectivity index (χ4n) is 3.22. The SMILES string of the molecule is C[C@]1(CO)O[C@@H](n2cc(-c3ccsc3)c3c(N)ncnc32)[C@H](O)[C@@H]1O. The van der Waals surface area contributed by atoms with Crippen LogP contribution in [0, 0.1) is 0 Å². The van der Waals surface area contributed by atoms with E-state index in [4.69, 9.17) is 10.5 Å². The minimum atomic E-state index is -1.26. The van der Waals surface area contributed by atoms with Crippen LogP contribution in [0.4, 0.5) is 5.82 Å². The van der Waals surface area contributed by atoms with Crippen molar-refractivity contribution in [1.29, 1.82) is 0 Å². The zero-order chi connectivity index (χ0) is 17.8. The van der Waals surface area contributed by atoms with Crippen LogP contribution in [0.1, 0.15) is 13.2 Å². The van der Waals surface area contributed by atoms with Crippen molar-refractivity contribution >= 4 is 28.2 Å². The topological polar surface area (TPSA) is 127 Å². The molecule has 5 N–H and O–H groups in total. The highest BCUT2D eigenvalue weighted by Crippen LogP contribution is 2.41. The van der Waals surface area contributed by atoms with Crippen molar-refractivity contribution in [2.24, 2.45) is 0 Å². The molecule has 0 aromatic carbocycles. The number of hydrogen-bond acceptors (Lipinski definition) is 8. The Morgan fingerprint density at radius 2 is 2.20 bits per heavy atom. The van der Waals surface area contributed by atoms with Gasteiger partial charge in [-0.3, -0.25) is 0 Å². The van der Waals surface area contributed by atoms with E-state index in [2.05, 4.69) is 9.97 Å². The van der Waals surface area contributed by atoms with Crippen LogP contribution in [0.25, 0.3) is 22.2 Å². The number of aromatic nitrogens is 3. The average molecular weight is 362 g/mol. The molecular formula is C16H18N4O4S. The summed E-state index contributed by atoms with van der Waals surface area (Å²) in [7, 11) is 0. The van der Waals surface area contributed by atoms with E-state index in [1.165, 1.54) is 6.33 Å². The van der Waals surface area contributed by atoms with Crippen molar-refractivity contribution in [1.82, 2.24) is 14.5 Å². The Hall–Kier alpha value is -2.04. The number of nitrogen functional groups attached to an aromatic ring is 1. The van der Waals surface area contributed by atoms with Crippen LogP contribution in [-0.4, -0.2) is 54.3 Å². The van der Waals surface area contributed by atoms with Crippen LogP contribution in [0.15, 0.2) is 29.4 Å². The van der Waals surface area contributed by atoms with Gasteiger partial charge in [-0.2, -0.15) is 11.3 Å². The van der Waals surface area contributed by atoms with Crippen LogP contribution < -0.4 is 5.73 Å². The van der Waals surface area contributed by atoms with Gasteiger partial charge < -0.3 is 30.4 Å². The molecule has 3 aromatic rings. The van der Waals surface area contributed by atoms with Crippen molar-refractivity contribution in [3.63, 3.8) is 0 Å². The number of fused-ring (bicyclic) bond motifs is 1. The van der Waals surface area contributed by atoms with Gasteiger partial charge in [0.05, 0.1) is 12.0 Å². The van der Waals surface area contributed by atoms with Gasteiger partial charge in [-0.05, 0) is 29.3 Å². The summed E-state index contributed by atoms with van der Waals surface area (Å²) in [5.74, 6) is 0.322. The summed E-state index contributed by atoms with van der Waals surface area (Å²) in [6.45, 7) is 1.13. The van der Waals surface area contributed by atoms with Crippen molar-refractivity contribution < 1.29 is 20.1 Å². The third-order valence-electron chi connectivity index (χ3n) is 4.69. The molecular weight excluding hydrogens is 344 g/mol. The third-order valence-corrected chi connectivity index (χ3v) is 5.37. The third kappa shape index (κ3) is 2.35. The number of ether oxygens (including phenoxy) is 1. The first-order valence-electron chi connectivity index (χ1n) is 7.74. The molecule has 0 saturated carbocycles. The molecule has 8 nitrogen and oxygen atoms in total. The number of rotatable bonds is 3. The van der Waals surface area contributed by atoms with Crippen LogP contribution >= 0.6 is 11.3 Å². The summed E-state index contributed by atoms with van der Waals surface area (Å²) in [6, 6.07) is 1.95. The van der Waals surface area contributed by atoms with Gasteiger partial charge in [0.15, 0.2) is 6.23 Å². The number of hydrogen-bond donors (Lipinski definition) is 4. The normalized spacial score (nSPS) is 29.5. The first kappa shape index (κ1) is 16.4. The Labute approximate surface area is 147 Å². The maximum absolute atomic E-state index is 10.5. The van der Waals surface area contributed by atoms with E-state index in [-0.39, 0.29) is 0 Å². The summed E-state index contributed by atoms with van der Waals surface area (Å²) >= 11 is 1.55. The highest BCUT2D eigenvalue weighted by molar-refractivity contribution is 7.08. The zero-order valence-corrected chi connectivity index (χ0v) is 14.2. The summed E-state index contributed by atoms with van der Waals surface area (Å²) in [5, 5.41) is 34.9. The maximum Gasteiger partial charge on any atom is 0.164 e. The van der Waals surface area contributed by atoms with Crippen LogP contribution in [0.3, 0.4) is 0 Å². The second kappa shape index (κ2) is 5.75. The lowest BCUT2D eigenvalue weighted by Crippen LogP contribution is -2.43. The van der Waals surface area contributed by atoms with E-state index in [1.807, 2.05) is 16.8 Å². The van der Waals surface area contributed by atoms with Crippen LogP contribution in [0.5, 0.6) is 0 Å². The number of nitrogens with two attached hydrogens (primary N) is 1. The van der Waals surface area contributed by atoms with Crippen molar-refractivity contribution in [2.75, 3.05) is 12.3 Å². The van der Waals surface area contributed by atoms with Gasteiger partial charge >= 0.3 is 0 Å². The monoisotopic (exact) mass is 362 g/mol. The maximum atomic E-state index is 10.5. The molecule has 0 unspecified atom stereocenters. The lowest BCUT2D eigenvalue weighted by Gasteiger charge is -2.24. The summed E-state index contributed by atoms with van der Waals surface area (Å²) in [5.41, 5.74) is 7.06. The van der Waals surface area contributed by atoms with Crippen molar-refractivity contribution in [2.45, 2.75) is 31.0 Å². The molecule has 1 aliphatic heterocycles. The smallest absolute Gasteiger partial charge is 0.164 e. The standard InChI is InChI=1S/C16H18N4O4S/c1-16(6-21)12(23)11(22)15(24-16)20-4-9(8-2-3-25-5-8)10-13(17)18-7-19-14(10)20/h2-5,7,11-12,15,21-23H,6H2,1H3,(H2,17,18,19)/t11-,12+,15-,16-/m1/s1. The van der Waals surface area contributed by atoms with Crippen LogP contribution in [-0.2, 0) is 4.74 Å². The largest absolute Gasteiger partial charge is 0.393 e. The van der Waals surface area contributed by atoms with E-state index in [0.717, 1.165) is 11.1 Å². The molecule has 9 heteroatoms. The van der Waals surface area contributed by atoms with E-state index in [9.17, 15) is 15.3 Å². The Bertz CT molecular complexity index is 912. The number of aliphatic hydroxyl groups is 3. The lowest BCUT2D eigenvalue weighted by molar-refractivity contribution is -0.115.